The van der Waals surface area contributed by atoms with Crippen LogP contribution in [0.15, 0.2) is 70.6 Å². The lowest BCUT2D eigenvalue weighted by Crippen LogP contribution is -2.23. The number of benzene rings is 2. The number of para-hydroxylation sites is 1. The van der Waals surface area contributed by atoms with Crippen molar-refractivity contribution < 1.29 is 14.3 Å². The monoisotopic (exact) mass is 393 g/mol. The third kappa shape index (κ3) is 3.54. The first-order valence-electron chi connectivity index (χ1n) is 8.53. The van der Waals surface area contributed by atoms with Crippen molar-refractivity contribution in [1.29, 1.82) is 0 Å². The Morgan fingerprint density at radius 3 is 2.54 bits per heavy atom. The highest BCUT2D eigenvalue weighted by Gasteiger charge is 2.30. The topological polar surface area (TPSA) is 90.3 Å². The quantitative estimate of drug-likeness (QED) is 0.530. The van der Waals surface area contributed by atoms with Gasteiger partial charge in [0.2, 0.25) is 0 Å². The fourth-order valence-electron chi connectivity index (χ4n) is 2.84. The Labute approximate surface area is 164 Å². The van der Waals surface area contributed by atoms with Gasteiger partial charge in [0.05, 0.1) is 23.8 Å². The van der Waals surface area contributed by atoms with Crippen molar-refractivity contribution >= 4 is 39.6 Å². The maximum atomic E-state index is 12.6. The number of fused-ring (bicyclic) bond motifs is 1. The molecule has 0 saturated carbocycles. The summed E-state index contributed by atoms with van der Waals surface area (Å²) in [7, 11) is 0. The van der Waals surface area contributed by atoms with Crippen LogP contribution < -0.4 is 10.9 Å². The van der Waals surface area contributed by atoms with Crippen LogP contribution in [0.5, 0.6) is 0 Å². The van der Waals surface area contributed by atoms with Gasteiger partial charge in [0.15, 0.2) is 0 Å². The molecule has 140 valence electrons. The Morgan fingerprint density at radius 1 is 1.04 bits per heavy atom. The Morgan fingerprint density at radius 2 is 1.79 bits per heavy atom. The lowest BCUT2D eigenvalue weighted by molar-refractivity contribution is -0.115. The summed E-state index contributed by atoms with van der Waals surface area (Å²) in [6.07, 6.45) is 1.48. The first-order valence-corrected chi connectivity index (χ1v) is 9.35. The minimum absolute atomic E-state index is 0.135. The molecule has 0 radical (unpaired) electrons. The molecule has 2 amide bonds. The second-order valence-corrected chi connectivity index (χ2v) is 6.96. The summed E-state index contributed by atoms with van der Waals surface area (Å²) in [5.74, 6) is -0.172. The van der Waals surface area contributed by atoms with Crippen LogP contribution in [0.4, 0.5) is 4.79 Å². The molecule has 1 aliphatic rings. The number of thioether (sulfide) groups is 1. The van der Waals surface area contributed by atoms with Gasteiger partial charge < -0.3 is 4.74 Å². The highest BCUT2D eigenvalue weighted by Crippen LogP contribution is 2.32. The van der Waals surface area contributed by atoms with E-state index in [0.717, 1.165) is 11.8 Å². The zero-order valence-electron chi connectivity index (χ0n) is 14.6. The van der Waals surface area contributed by atoms with Crippen LogP contribution in [-0.2, 0) is 16.1 Å². The summed E-state index contributed by atoms with van der Waals surface area (Å²) in [4.78, 5) is 40.7. The van der Waals surface area contributed by atoms with E-state index in [0.29, 0.717) is 22.2 Å². The minimum Gasteiger partial charge on any atom is -0.490 e. The summed E-state index contributed by atoms with van der Waals surface area (Å²) in [5, 5.41) is 2.33. The van der Waals surface area contributed by atoms with Crippen LogP contribution >= 0.6 is 11.8 Å². The first-order chi connectivity index (χ1) is 13.6. The minimum atomic E-state index is -0.488. The molecule has 1 aliphatic heterocycles. The standard InChI is InChI=1S/C20H15N3O4S/c24-18-17(28-20(26)22-18)16(13-6-2-1-3-7-13)27-11-10-23-12-21-15-9-5-4-8-14(15)19(23)25/h1-9,12H,10-11H2,(H,22,24,26). The van der Waals surface area contributed by atoms with E-state index in [1.165, 1.54) is 10.9 Å². The maximum Gasteiger partial charge on any atom is 0.291 e. The average Bonchev–Trinajstić information content (AvgIpc) is 3.05. The molecule has 7 nitrogen and oxygen atoms in total. The van der Waals surface area contributed by atoms with Crippen LogP contribution in [0.1, 0.15) is 5.56 Å². The van der Waals surface area contributed by atoms with Gasteiger partial charge >= 0.3 is 0 Å². The number of carbonyl (C=O) groups is 2. The van der Waals surface area contributed by atoms with E-state index >= 15 is 0 Å². The number of rotatable bonds is 5. The first kappa shape index (κ1) is 18.0. The number of hydrogen-bond donors (Lipinski definition) is 1. The third-order valence-corrected chi connectivity index (χ3v) is 5.03. The van der Waals surface area contributed by atoms with Gasteiger partial charge in [0.1, 0.15) is 17.3 Å². The van der Waals surface area contributed by atoms with Gasteiger partial charge in [-0.05, 0) is 23.9 Å². The molecule has 0 bridgehead atoms. The number of carbonyl (C=O) groups excluding carboxylic acids is 2. The number of amides is 2. The Balaban J connectivity index is 1.59. The number of nitrogens with one attached hydrogen (secondary N) is 1. The fourth-order valence-corrected chi connectivity index (χ4v) is 3.59. The van der Waals surface area contributed by atoms with Crippen molar-refractivity contribution in [1.82, 2.24) is 14.9 Å². The molecule has 0 unspecified atom stereocenters. The molecule has 1 fully saturated rings. The van der Waals surface area contributed by atoms with Crippen molar-refractivity contribution in [3.05, 3.63) is 81.7 Å². The van der Waals surface area contributed by atoms with Gasteiger partial charge in [-0.2, -0.15) is 0 Å². The molecule has 2 heterocycles. The Hall–Kier alpha value is -3.39. The van der Waals surface area contributed by atoms with E-state index in [-0.39, 0.29) is 23.6 Å². The van der Waals surface area contributed by atoms with Gasteiger partial charge in [-0.25, -0.2) is 4.98 Å². The predicted molar refractivity (Wildman–Crippen MR) is 106 cm³/mol. The van der Waals surface area contributed by atoms with E-state index in [9.17, 15) is 14.4 Å². The molecule has 2 aromatic carbocycles. The van der Waals surface area contributed by atoms with Crippen molar-refractivity contribution in [3.63, 3.8) is 0 Å². The maximum absolute atomic E-state index is 12.6. The number of nitrogens with zero attached hydrogens (tertiary/aromatic N) is 2. The molecule has 8 heteroatoms. The zero-order chi connectivity index (χ0) is 19.5. The Bertz CT molecular complexity index is 1150. The third-order valence-electron chi connectivity index (χ3n) is 4.17. The smallest absolute Gasteiger partial charge is 0.291 e. The number of imide groups is 1. The highest BCUT2D eigenvalue weighted by atomic mass is 32.2. The molecule has 0 atom stereocenters. The van der Waals surface area contributed by atoms with Crippen LogP contribution in [-0.4, -0.2) is 27.3 Å². The SMILES string of the molecule is O=C1NC(=O)C(=C(OCCn2cnc3ccccc3c2=O)c2ccccc2)S1. The number of ether oxygens (including phenoxy) is 1. The van der Waals surface area contributed by atoms with Gasteiger partial charge in [-0.3, -0.25) is 24.3 Å². The summed E-state index contributed by atoms with van der Waals surface area (Å²) in [6.45, 7) is 0.385. The molecular weight excluding hydrogens is 378 g/mol. The molecule has 1 aromatic heterocycles. The van der Waals surface area contributed by atoms with Gasteiger partial charge in [0.25, 0.3) is 16.7 Å². The highest BCUT2D eigenvalue weighted by molar-refractivity contribution is 8.18. The molecular formula is C20H15N3O4S. The molecule has 28 heavy (non-hydrogen) atoms. The molecule has 3 aromatic rings. The van der Waals surface area contributed by atoms with Crippen LogP contribution in [0.25, 0.3) is 16.7 Å². The van der Waals surface area contributed by atoms with Crippen LogP contribution in [0, 0.1) is 0 Å². The van der Waals surface area contributed by atoms with Crippen molar-refractivity contribution in [2.45, 2.75) is 6.54 Å². The summed E-state index contributed by atoms with van der Waals surface area (Å²) in [5.41, 5.74) is 1.15. The largest absolute Gasteiger partial charge is 0.490 e. The summed E-state index contributed by atoms with van der Waals surface area (Å²) < 4.78 is 7.32. The predicted octanol–water partition coefficient (Wildman–Crippen LogP) is 2.76. The van der Waals surface area contributed by atoms with Gasteiger partial charge in [-0.1, -0.05) is 42.5 Å². The van der Waals surface area contributed by atoms with Gasteiger partial charge in [-0.15, -0.1) is 0 Å². The van der Waals surface area contributed by atoms with E-state index in [4.69, 9.17) is 4.74 Å². The lowest BCUT2D eigenvalue weighted by Gasteiger charge is -2.13. The normalized spacial score (nSPS) is 15.6. The molecule has 0 aliphatic carbocycles. The molecule has 4 rings (SSSR count). The molecule has 1 N–H and O–H groups in total. The van der Waals surface area contributed by atoms with E-state index < -0.39 is 11.1 Å². The van der Waals surface area contributed by atoms with Crippen molar-refractivity contribution in [2.75, 3.05) is 6.61 Å². The number of aromatic nitrogens is 2. The fraction of sp³-hybridized carbons (Fsp3) is 0.100. The summed E-state index contributed by atoms with van der Waals surface area (Å²) >= 11 is 0.802. The van der Waals surface area contributed by atoms with Crippen molar-refractivity contribution in [3.8, 4) is 0 Å². The van der Waals surface area contributed by atoms with Crippen LogP contribution in [0.3, 0.4) is 0 Å². The average molecular weight is 393 g/mol. The Kier molecular flexibility index (Phi) is 4.94. The van der Waals surface area contributed by atoms with E-state index in [1.807, 2.05) is 24.3 Å². The number of hydrogen-bond acceptors (Lipinski definition) is 6. The van der Waals surface area contributed by atoms with Crippen molar-refractivity contribution in [2.24, 2.45) is 0 Å². The molecule has 0 spiro atoms. The molecule has 1 saturated heterocycles. The van der Waals surface area contributed by atoms with E-state index in [1.54, 1.807) is 30.3 Å². The second kappa shape index (κ2) is 7.69. The van der Waals surface area contributed by atoms with E-state index in [2.05, 4.69) is 10.3 Å². The lowest BCUT2D eigenvalue weighted by atomic mass is 10.2. The van der Waals surface area contributed by atoms with Crippen LogP contribution in [0.2, 0.25) is 0 Å². The van der Waals surface area contributed by atoms with Gasteiger partial charge in [0, 0.05) is 5.56 Å². The summed E-state index contributed by atoms with van der Waals surface area (Å²) in [6, 6.07) is 16.2. The second-order valence-electron chi connectivity index (χ2n) is 5.98. The zero-order valence-corrected chi connectivity index (χ0v) is 15.4.